The van der Waals surface area contributed by atoms with Crippen LogP contribution >= 0.6 is 0 Å². The first-order chi connectivity index (χ1) is 8.05. The van der Waals surface area contributed by atoms with E-state index in [1.165, 1.54) is 7.05 Å². The maximum atomic E-state index is 11.7. The van der Waals surface area contributed by atoms with Crippen LogP contribution in [0.15, 0.2) is 29.2 Å². The minimum Gasteiger partial charge on any atom is -0.214 e. The molecule has 0 saturated carbocycles. The van der Waals surface area contributed by atoms with E-state index < -0.39 is 10.0 Å². The summed E-state index contributed by atoms with van der Waals surface area (Å²) < 4.78 is 25.8. The molecule has 96 valence electrons. The largest absolute Gasteiger partial charge is 0.240 e. The van der Waals surface area contributed by atoms with Crippen LogP contribution < -0.4 is 4.72 Å². The molecule has 17 heavy (non-hydrogen) atoms. The molecule has 0 saturated heterocycles. The Morgan fingerprint density at radius 1 is 1.29 bits per heavy atom. The Bertz CT molecular complexity index is 454. The predicted octanol–water partition coefficient (Wildman–Crippen LogP) is 2.89. The van der Waals surface area contributed by atoms with Gasteiger partial charge in [0.05, 0.1) is 4.90 Å². The second-order valence-corrected chi connectivity index (χ2v) is 6.06. The van der Waals surface area contributed by atoms with Crippen LogP contribution in [0, 0.1) is 0 Å². The Morgan fingerprint density at radius 2 is 2.00 bits per heavy atom. The zero-order valence-electron chi connectivity index (χ0n) is 10.7. The molecule has 0 heterocycles. The normalized spacial score (nSPS) is 13.6. The van der Waals surface area contributed by atoms with E-state index in [2.05, 4.69) is 18.6 Å². The average Bonchev–Trinajstić information content (AvgIpc) is 2.36. The molecule has 4 heteroatoms. The Labute approximate surface area is 104 Å². The molecular formula is C13H21NO2S. The second kappa shape index (κ2) is 6.17. The number of benzene rings is 1. The summed E-state index contributed by atoms with van der Waals surface area (Å²) in [7, 11) is -1.89. The van der Waals surface area contributed by atoms with E-state index in [0.29, 0.717) is 10.8 Å². The van der Waals surface area contributed by atoms with Gasteiger partial charge in [0.1, 0.15) is 0 Å². The third-order valence-electron chi connectivity index (χ3n) is 3.04. The van der Waals surface area contributed by atoms with Gasteiger partial charge in [0.25, 0.3) is 0 Å². The van der Waals surface area contributed by atoms with Crippen molar-refractivity contribution in [2.45, 2.75) is 43.9 Å². The average molecular weight is 255 g/mol. The zero-order chi connectivity index (χ0) is 12.9. The van der Waals surface area contributed by atoms with Crippen molar-refractivity contribution in [2.24, 2.45) is 0 Å². The molecule has 0 spiro atoms. The highest BCUT2D eigenvalue weighted by Gasteiger charge is 2.14. The molecule has 1 aromatic rings. The molecule has 0 fully saturated rings. The molecule has 3 nitrogen and oxygen atoms in total. The van der Waals surface area contributed by atoms with E-state index >= 15 is 0 Å². The SMILES string of the molecule is CCCC(CC)c1cccc(S(=O)(=O)NC)c1. The minimum absolute atomic E-state index is 0.354. The molecule has 1 aromatic carbocycles. The molecule has 0 bridgehead atoms. The van der Waals surface area contributed by atoms with Gasteiger partial charge in [0, 0.05) is 0 Å². The molecule has 0 aliphatic heterocycles. The summed E-state index contributed by atoms with van der Waals surface area (Å²) in [5, 5.41) is 0. The first-order valence-corrected chi connectivity index (χ1v) is 7.57. The monoisotopic (exact) mass is 255 g/mol. The van der Waals surface area contributed by atoms with Gasteiger partial charge in [-0.25, -0.2) is 13.1 Å². The van der Waals surface area contributed by atoms with Crippen molar-refractivity contribution in [1.82, 2.24) is 4.72 Å². The quantitative estimate of drug-likeness (QED) is 0.849. The lowest BCUT2D eigenvalue weighted by molar-refractivity contribution is 0.583. The summed E-state index contributed by atoms with van der Waals surface area (Å²) in [6.07, 6.45) is 3.25. The van der Waals surface area contributed by atoms with Crippen molar-refractivity contribution in [3.05, 3.63) is 29.8 Å². The fourth-order valence-electron chi connectivity index (χ4n) is 2.01. The van der Waals surface area contributed by atoms with E-state index in [4.69, 9.17) is 0 Å². The molecule has 1 N–H and O–H groups in total. The molecule has 1 unspecified atom stereocenters. The minimum atomic E-state index is -3.33. The van der Waals surface area contributed by atoms with E-state index in [9.17, 15) is 8.42 Å². The van der Waals surface area contributed by atoms with Gasteiger partial charge in [-0.1, -0.05) is 32.4 Å². The zero-order valence-corrected chi connectivity index (χ0v) is 11.5. The molecule has 1 atom stereocenters. The van der Waals surface area contributed by atoms with Crippen LogP contribution in [0.2, 0.25) is 0 Å². The molecule has 0 aliphatic rings. The maximum Gasteiger partial charge on any atom is 0.240 e. The maximum absolute atomic E-state index is 11.7. The second-order valence-electron chi connectivity index (χ2n) is 4.17. The lowest BCUT2D eigenvalue weighted by Crippen LogP contribution is -2.18. The summed E-state index contributed by atoms with van der Waals surface area (Å²) in [6, 6.07) is 7.25. The van der Waals surface area contributed by atoms with Crippen molar-refractivity contribution in [3.8, 4) is 0 Å². The first kappa shape index (κ1) is 14.2. The highest BCUT2D eigenvalue weighted by molar-refractivity contribution is 7.89. The summed E-state index contributed by atoms with van der Waals surface area (Å²) in [4.78, 5) is 0.354. The predicted molar refractivity (Wildman–Crippen MR) is 70.6 cm³/mol. The number of rotatable bonds is 6. The first-order valence-electron chi connectivity index (χ1n) is 6.08. The third-order valence-corrected chi connectivity index (χ3v) is 4.45. The lowest BCUT2D eigenvalue weighted by Gasteiger charge is -2.15. The molecule has 1 rings (SSSR count). The van der Waals surface area contributed by atoms with Crippen LogP contribution in [0.1, 0.15) is 44.6 Å². The Balaban J connectivity index is 3.08. The van der Waals surface area contributed by atoms with Crippen molar-refractivity contribution >= 4 is 10.0 Å². The fourth-order valence-corrected chi connectivity index (χ4v) is 2.79. The van der Waals surface area contributed by atoms with Crippen molar-refractivity contribution in [1.29, 1.82) is 0 Å². The van der Waals surface area contributed by atoms with Gasteiger partial charge < -0.3 is 0 Å². The number of hydrogen-bond donors (Lipinski definition) is 1. The lowest BCUT2D eigenvalue weighted by atomic mass is 9.92. The van der Waals surface area contributed by atoms with Crippen LogP contribution in [0.4, 0.5) is 0 Å². The van der Waals surface area contributed by atoms with Crippen LogP contribution in [-0.2, 0) is 10.0 Å². The molecule has 0 aromatic heterocycles. The molecule has 0 amide bonds. The summed E-state index contributed by atoms with van der Waals surface area (Å²) in [5.41, 5.74) is 1.12. The van der Waals surface area contributed by atoms with Crippen molar-refractivity contribution in [3.63, 3.8) is 0 Å². The summed E-state index contributed by atoms with van der Waals surface area (Å²) >= 11 is 0. The van der Waals surface area contributed by atoms with Gasteiger partial charge in [0.2, 0.25) is 10.0 Å². The van der Waals surface area contributed by atoms with Gasteiger partial charge in [-0.15, -0.1) is 0 Å². The van der Waals surface area contributed by atoms with Crippen LogP contribution in [0.5, 0.6) is 0 Å². The van der Waals surface area contributed by atoms with Gasteiger partial charge in [-0.2, -0.15) is 0 Å². The standard InChI is InChI=1S/C13H21NO2S/c1-4-7-11(5-2)12-8-6-9-13(10-12)17(15,16)14-3/h6,8-11,14H,4-5,7H2,1-3H3. The van der Waals surface area contributed by atoms with Gasteiger partial charge in [-0.3, -0.25) is 0 Å². The number of sulfonamides is 1. The third kappa shape index (κ3) is 3.54. The van der Waals surface area contributed by atoms with Crippen LogP contribution in [-0.4, -0.2) is 15.5 Å². The van der Waals surface area contributed by atoms with Gasteiger partial charge in [-0.05, 0) is 43.5 Å². The van der Waals surface area contributed by atoms with Crippen molar-refractivity contribution < 1.29 is 8.42 Å². The molecular weight excluding hydrogens is 234 g/mol. The van der Waals surface area contributed by atoms with Gasteiger partial charge in [0.15, 0.2) is 0 Å². The van der Waals surface area contributed by atoms with Crippen LogP contribution in [0.3, 0.4) is 0 Å². The van der Waals surface area contributed by atoms with Gasteiger partial charge >= 0.3 is 0 Å². The Kier molecular flexibility index (Phi) is 5.15. The topological polar surface area (TPSA) is 46.2 Å². The summed E-state index contributed by atoms with van der Waals surface area (Å²) in [5.74, 6) is 0.451. The van der Waals surface area contributed by atoms with Crippen molar-refractivity contribution in [2.75, 3.05) is 7.05 Å². The van der Waals surface area contributed by atoms with E-state index in [1.807, 2.05) is 12.1 Å². The smallest absolute Gasteiger partial charge is 0.214 e. The van der Waals surface area contributed by atoms with E-state index in [-0.39, 0.29) is 0 Å². The molecule has 0 radical (unpaired) electrons. The Hall–Kier alpha value is -0.870. The van der Waals surface area contributed by atoms with E-state index in [0.717, 1.165) is 24.8 Å². The number of hydrogen-bond acceptors (Lipinski definition) is 2. The Morgan fingerprint density at radius 3 is 2.53 bits per heavy atom. The highest BCUT2D eigenvalue weighted by atomic mass is 32.2. The summed E-state index contributed by atoms with van der Waals surface area (Å²) in [6.45, 7) is 4.29. The van der Waals surface area contributed by atoms with E-state index in [1.54, 1.807) is 12.1 Å². The highest BCUT2D eigenvalue weighted by Crippen LogP contribution is 2.26. The fraction of sp³-hybridized carbons (Fsp3) is 0.538. The van der Waals surface area contributed by atoms with Crippen LogP contribution in [0.25, 0.3) is 0 Å². The number of nitrogens with one attached hydrogen (secondary N) is 1. The molecule has 0 aliphatic carbocycles.